The van der Waals surface area contributed by atoms with Gasteiger partial charge in [-0.15, -0.1) is 0 Å². The number of ether oxygens (including phenoxy) is 1. The van der Waals surface area contributed by atoms with Crippen molar-refractivity contribution in [1.29, 1.82) is 0 Å². The number of fused-ring (bicyclic) bond motifs is 1. The number of rotatable bonds is 1. The fourth-order valence-corrected chi connectivity index (χ4v) is 1.26. The Balaban J connectivity index is 2.80. The Morgan fingerprint density at radius 3 is 2.92 bits per heavy atom. The molecule has 13 heavy (non-hydrogen) atoms. The molecule has 67 valence electrons. The number of aryl methyl sites for hydroxylation is 2. The van der Waals surface area contributed by atoms with Crippen molar-refractivity contribution in [2.24, 2.45) is 0 Å². The lowest BCUT2D eigenvalue weighted by atomic mass is 10.4. The van der Waals surface area contributed by atoms with Crippen LogP contribution in [0, 0.1) is 19.9 Å². The molecule has 0 fully saturated rings. The van der Waals surface area contributed by atoms with Gasteiger partial charge in [0.15, 0.2) is 5.65 Å². The second kappa shape index (κ2) is 2.73. The lowest BCUT2D eigenvalue weighted by Gasteiger charge is -2.02. The number of hydrogen-bond donors (Lipinski definition) is 0. The summed E-state index contributed by atoms with van der Waals surface area (Å²) >= 11 is 0. The molecule has 0 saturated heterocycles. The standard InChI is InChI=1S/C9H10N3O/c1-6-5-9(13-3)12-8(10-6)4-7(2)11-12/h4H,1-3H3. The van der Waals surface area contributed by atoms with E-state index in [2.05, 4.69) is 16.1 Å². The minimum Gasteiger partial charge on any atom is -0.480 e. The van der Waals surface area contributed by atoms with E-state index in [-0.39, 0.29) is 0 Å². The molecule has 0 amide bonds. The predicted molar refractivity (Wildman–Crippen MR) is 47.8 cm³/mol. The summed E-state index contributed by atoms with van der Waals surface area (Å²) in [5.41, 5.74) is 2.53. The molecule has 0 atom stereocenters. The average Bonchev–Trinajstić information content (AvgIpc) is 2.43. The molecule has 0 unspecified atom stereocenters. The van der Waals surface area contributed by atoms with Crippen molar-refractivity contribution in [3.05, 3.63) is 23.5 Å². The molecule has 0 aliphatic heterocycles. The molecule has 0 aliphatic carbocycles. The lowest BCUT2D eigenvalue weighted by molar-refractivity contribution is 0.383. The summed E-state index contributed by atoms with van der Waals surface area (Å²) in [5.74, 6) is 0.593. The van der Waals surface area contributed by atoms with Crippen molar-refractivity contribution >= 4 is 5.65 Å². The molecule has 2 heterocycles. The first-order chi connectivity index (χ1) is 6.20. The van der Waals surface area contributed by atoms with Crippen molar-refractivity contribution < 1.29 is 4.74 Å². The fraction of sp³-hybridized carbons (Fsp3) is 0.333. The van der Waals surface area contributed by atoms with Gasteiger partial charge in [-0.25, -0.2) is 4.98 Å². The maximum absolute atomic E-state index is 5.13. The predicted octanol–water partition coefficient (Wildman–Crippen LogP) is 1.15. The maximum Gasteiger partial charge on any atom is 0.226 e. The van der Waals surface area contributed by atoms with Crippen LogP contribution < -0.4 is 4.74 Å². The first kappa shape index (κ1) is 8.04. The average molecular weight is 176 g/mol. The van der Waals surface area contributed by atoms with Crippen LogP contribution in [0.4, 0.5) is 0 Å². The molecule has 0 aromatic carbocycles. The highest BCUT2D eigenvalue weighted by molar-refractivity contribution is 5.42. The van der Waals surface area contributed by atoms with Gasteiger partial charge in [-0.2, -0.15) is 9.61 Å². The third-order valence-electron chi connectivity index (χ3n) is 1.77. The van der Waals surface area contributed by atoms with Crippen LogP contribution in [-0.2, 0) is 0 Å². The van der Waals surface area contributed by atoms with Crippen LogP contribution in [0.1, 0.15) is 11.4 Å². The summed E-state index contributed by atoms with van der Waals surface area (Å²) < 4.78 is 6.77. The summed E-state index contributed by atoms with van der Waals surface area (Å²) in [4.78, 5) is 4.27. The Morgan fingerprint density at radius 1 is 1.46 bits per heavy atom. The van der Waals surface area contributed by atoms with Gasteiger partial charge in [-0.05, 0) is 13.8 Å². The Bertz CT molecular complexity index is 447. The monoisotopic (exact) mass is 176 g/mol. The maximum atomic E-state index is 5.13. The second-order valence-electron chi connectivity index (χ2n) is 2.89. The number of methoxy groups -OCH3 is 1. The summed E-state index contributed by atoms with van der Waals surface area (Å²) in [5, 5.41) is 4.22. The molecule has 2 aromatic rings. The molecule has 0 aliphatic rings. The zero-order chi connectivity index (χ0) is 9.42. The van der Waals surface area contributed by atoms with Crippen LogP contribution >= 0.6 is 0 Å². The zero-order valence-corrected chi connectivity index (χ0v) is 7.83. The van der Waals surface area contributed by atoms with E-state index in [1.54, 1.807) is 11.6 Å². The van der Waals surface area contributed by atoms with Gasteiger partial charge in [0.25, 0.3) is 0 Å². The topological polar surface area (TPSA) is 39.4 Å². The van der Waals surface area contributed by atoms with E-state index in [4.69, 9.17) is 4.74 Å². The van der Waals surface area contributed by atoms with E-state index < -0.39 is 0 Å². The minimum atomic E-state index is 0.593. The molecule has 4 heteroatoms. The van der Waals surface area contributed by atoms with Gasteiger partial charge in [0.1, 0.15) is 0 Å². The number of aromatic nitrogens is 3. The molecular formula is C9H10N3O. The molecule has 1 radical (unpaired) electrons. The van der Waals surface area contributed by atoms with Crippen molar-refractivity contribution in [3.8, 4) is 5.88 Å². The van der Waals surface area contributed by atoms with Gasteiger partial charge >= 0.3 is 0 Å². The lowest BCUT2D eigenvalue weighted by Crippen LogP contribution is -1.99. The van der Waals surface area contributed by atoms with E-state index in [0.29, 0.717) is 5.88 Å². The largest absolute Gasteiger partial charge is 0.480 e. The van der Waals surface area contributed by atoms with E-state index >= 15 is 0 Å². The van der Waals surface area contributed by atoms with Crippen molar-refractivity contribution in [2.45, 2.75) is 13.8 Å². The van der Waals surface area contributed by atoms with E-state index in [9.17, 15) is 0 Å². The molecule has 0 saturated carbocycles. The summed E-state index contributed by atoms with van der Waals surface area (Å²) in [6.45, 7) is 3.80. The van der Waals surface area contributed by atoms with Gasteiger partial charge in [-0.3, -0.25) is 0 Å². The molecule has 0 N–H and O–H groups in total. The Morgan fingerprint density at radius 2 is 2.23 bits per heavy atom. The van der Waals surface area contributed by atoms with Gasteiger partial charge in [0.05, 0.1) is 24.6 Å². The Kier molecular flexibility index (Phi) is 1.69. The Labute approximate surface area is 76.2 Å². The minimum absolute atomic E-state index is 0.593. The molecule has 0 bridgehead atoms. The third kappa shape index (κ3) is 1.24. The van der Waals surface area contributed by atoms with Crippen LogP contribution in [0.25, 0.3) is 5.65 Å². The van der Waals surface area contributed by atoms with Crippen LogP contribution in [0.2, 0.25) is 0 Å². The number of hydrogen-bond acceptors (Lipinski definition) is 3. The SMILES string of the molecule is COc1[c]c(C)nc2cc(C)nn12. The van der Waals surface area contributed by atoms with E-state index in [0.717, 1.165) is 17.0 Å². The van der Waals surface area contributed by atoms with E-state index in [1.165, 1.54) is 0 Å². The Hall–Kier alpha value is -1.58. The second-order valence-corrected chi connectivity index (χ2v) is 2.89. The van der Waals surface area contributed by atoms with Crippen molar-refractivity contribution in [2.75, 3.05) is 7.11 Å². The van der Waals surface area contributed by atoms with Crippen LogP contribution in [0.15, 0.2) is 6.07 Å². The molecule has 0 spiro atoms. The van der Waals surface area contributed by atoms with Gasteiger partial charge in [0, 0.05) is 6.07 Å². The van der Waals surface area contributed by atoms with Crippen LogP contribution in [0.3, 0.4) is 0 Å². The summed E-state index contributed by atoms with van der Waals surface area (Å²) in [7, 11) is 1.60. The summed E-state index contributed by atoms with van der Waals surface area (Å²) in [6, 6.07) is 4.89. The molecule has 4 nitrogen and oxygen atoms in total. The van der Waals surface area contributed by atoms with Crippen molar-refractivity contribution in [3.63, 3.8) is 0 Å². The van der Waals surface area contributed by atoms with E-state index in [1.807, 2.05) is 19.9 Å². The molecule has 2 aromatic heterocycles. The molecule has 2 rings (SSSR count). The van der Waals surface area contributed by atoms with Crippen LogP contribution in [0.5, 0.6) is 5.88 Å². The van der Waals surface area contributed by atoms with Crippen LogP contribution in [-0.4, -0.2) is 21.7 Å². The van der Waals surface area contributed by atoms with Gasteiger partial charge in [0.2, 0.25) is 5.88 Å². The molecular weight excluding hydrogens is 166 g/mol. The normalized spacial score (nSPS) is 10.7. The number of nitrogens with zero attached hydrogens (tertiary/aromatic N) is 3. The van der Waals surface area contributed by atoms with Gasteiger partial charge < -0.3 is 4.74 Å². The fourth-order valence-electron chi connectivity index (χ4n) is 1.26. The highest BCUT2D eigenvalue weighted by atomic mass is 16.5. The third-order valence-corrected chi connectivity index (χ3v) is 1.77. The zero-order valence-electron chi connectivity index (χ0n) is 7.83. The first-order valence-electron chi connectivity index (χ1n) is 4.01. The highest BCUT2D eigenvalue weighted by Crippen LogP contribution is 2.13. The highest BCUT2D eigenvalue weighted by Gasteiger charge is 2.05. The first-order valence-corrected chi connectivity index (χ1v) is 4.01. The van der Waals surface area contributed by atoms with Crippen molar-refractivity contribution in [1.82, 2.24) is 14.6 Å². The summed E-state index contributed by atoms with van der Waals surface area (Å²) in [6.07, 6.45) is 0. The smallest absolute Gasteiger partial charge is 0.226 e. The quantitative estimate of drug-likeness (QED) is 0.654. The van der Waals surface area contributed by atoms with Gasteiger partial charge in [-0.1, -0.05) is 0 Å².